The van der Waals surface area contributed by atoms with Crippen LogP contribution in [0.1, 0.15) is 36.6 Å². The molecule has 0 radical (unpaired) electrons. The lowest BCUT2D eigenvalue weighted by Gasteiger charge is -2.39. The predicted molar refractivity (Wildman–Crippen MR) is 98.1 cm³/mol. The van der Waals surface area contributed by atoms with Gasteiger partial charge in [-0.05, 0) is 42.7 Å². The summed E-state index contributed by atoms with van der Waals surface area (Å²) in [5.74, 6) is -0.777. The third-order valence-corrected chi connectivity index (χ3v) is 4.88. The van der Waals surface area contributed by atoms with Gasteiger partial charge in [0.25, 0.3) is 0 Å². The Bertz CT molecular complexity index is 853. The van der Waals surface area contributed by atoms with Crippen LogP contribution in [0, 0.1) is 5.82 Å². The molecule has 6 heteroatoms. The normalized spacial score (nSPS) is 16.6. The van der Waals surface area contributed by atoms with Crippen LogP contribution in [0.3, 0.4) is 0 Å². The van der Waals surface area contributed by atoms with Gasteiger partial charge in [-0.25, -0.2) is 4.39 Å². The molecule has 0 spiro atoms. The van der Waals surface area contributed by atoms with Gasteiger partial charge in [-0.15, -0.1) is 0 Å². The Labute approximate surface area is 157 Å². The van der Waals surface area contributed by atoms with Crippen molar-refractivity contribution >= 4 is 23.4 Å². The van der Waals surface area contributed by atoms with Crippen molar-refractivity contribution in [2.24, 2.45) is 0 Å². The number of nitrogens with one attached hydrogen (secondary N) is 1. The molecule has 1 heterocycles. The molecule has 0 fully saturated rings. The molecule has 26 heavy (non-hydrogen) atoms. The summed E-state index contributed by atoms with van der Waals surface area (Å²) < 4.78 is 13.2. The van der Waals surface area contributed by atoms with E-state index in [4.69, 9.17) is 11.6 Å². The first kappa shape index (κ1) is 18.4. The molecule has 0 aliphatic carbocycles. The van der Waals surface area contributed by atoms with Gasteiger partial charge in [-0.3, -0.25) is 9.59 Å². The van der Waals surface area contributed by atoms with E-state index >= 15 is 0 Å². The molecule has 4 nitrogen and oxygen atoms in total. The van der Waals surface area contributed by atoms with Gasteiger partial charge in [0.05, 0.1) is 6.42 Å². The fourth-order valence-electron chi connectivity index (χ4n) is 3.31. The first-order chi connectivity index (χ1) is 12.4. The van der Waals surface area contributed by atoms with Crippen molar-refractivity contribution in [3.8, 4) is 0 Å². The summed E-state index contributed by atoms with van der Waals surface area (Å²) in [6, 6.07) is 10.7. The summed E-state index contributed by atoms with van der Waals surface area (Å²) in [7, 11) is 0. The minimum atomic E-state index is -0.688. The lowest BCUT2D eigenvalue weighted by atomic mass is 9.90. The van der Waals surface area contributed by atoms with Gasteiger partial charge in [0.2, 0.25) is 11.8 Å². The maximum Gasteiger partial charge on any atom is 0.247 e. The van der Waals surface area contributed by atoms with Crippen molar-refractivity contribution in [1.29, 1.82) is 0 Å². The van der Waals surface area contributed by atoms with Crippen LogP contribution >= 0.6 is 11.6 Å². The standard InChI is InChI=1S/C20H20ClFN2O2/c1-12(2)24-18(25)9-13-5-3-4-6-16(13)19(24)20(26)23-11-14-7-8-15(22)10-17(14)21/h3-8,10,12,19H,9,11H2,1-2H3,(H,23,26)/t19-/m0/s1. The highest BCUT2D eigenvalue weighted by Gasteiger charge is 2.38. The van der Waals surface area contributed by atoms with Crippen LogP contribution < -0.4 is 5.32 Å². The number of halogens is 2. The third-order valence-electron chi connectivity index (χ3n) is 4.53. The van der Waals surface area contributed by atoms with E-state index in [1.54, 1.807) is 4.90 Å². The van der Waals surface area contributed by atoms with Gasteiger partial charge in [0, 0.05) is 17.6 Å². The minimum Gasteiger partial charge on any atom is -0.350 e. The zero-order valence-electron chi connectivity index (χ0n) is 14.6. The number of carbonyl (C=O) groups is 2. The van der Waals surface area contributed by atoms with E-state index < -0.39 is 11.9 Å². The highest BCUT2D eigenvalue weighted by atomic mass is 35.5. The fraction of sp³-hybridized carbons (Fsp3) is 0.300. The van der Waals surface area contributed by atoms with Gasteiger partial charge in [-0.1, -0.05) is 41.9 Å². The Kier molecular flexibility index (Phi) is 5.28. The van der Waals surface area contributed by atoms with Crippen LogP contribution in [0.2, 0.25) is 5.02 Å². The summed E-state index contributed by atoms with van der Waals surface area (Å²) >= 11 is 6.03. The van der Waals surface area contributed by atoms with Crippen molar-refractivity contribution in [1.82, 2.24) is 10.2 Å². The molecule has 1 N–H and O–H groups in total. The smallest absolute Gasteiger partial charge is 0.247 e. The molecule has 0 unspecified atom stereocenters. The molecule has 2 aromatic rings. The van der Waals surface area contributed by atoms with E-state index in [9.17, 15) is 14.0 Å². The van der Waals surface area contributed by atoms with Gasteiger partial charge >= 0.3 is 0 Å². The van der Waals surface area contributed by atoms with Gasteiger partial charge in [-0.2, -0.15) is 0 Å². The number of hydrogen-bond donors (Lipinski definition) is 1. The molecule has 1 aliphatic heterocycles. The molecule has 0 saturated heterocycles. The molecule has 0 saturated carbocycles. The second-order valence-corrected chi connectivity index (χ2v) is 7.03. The predicted octanol–water partition coefficient (Wildman–Crippen LogP) is 3.63. The third kappa shape index (κ3) is 3.58. The number of amides is 2. The Morgan fingerprint density at radius 3 is 2.73 bits per heavy atom. The van der Waals surface area contributed by atoms with Crippen molar-refractivity contribution in [3.63, 3.8) is 0 Å². The van der Waals surface area contributed by atoms with Crippen LogP contribution in [0.5, 0.6) is 0 Å². The highest BCUT2D eigenvalue weighted by Crippen LogP contribution is 2.32. The Hall–Kier alpha value is -2.40. The largest absolute Gasteiger partial charge is 0.350 e. The van der Waals surface area contributed by atoms with Crippen LogP contribution in [-0.4, -0.2) is 22.8 Å². The molecule has 0 bridgehead atoms. The Balaban J connectivity index is 1.86. The average molecular weight is 375 g/mol. The maximum atomic E-state index is 13.2. The summed E-state index contributed by atoms with van der Waals surface area (Å²) in [4.78, 5) is 27.1. The number of fused-ring (bicyclic) bond motifs is 1. The Morgan fingerprint density at radius 1 is 1.31 bits per heavy atom. The van der Waals surface area contributed by atoms with Gasteiger partial charge in [0.15, 0.2) is 0 Å². The van der Waals surface area contributed by atoms with Gasteiger partial charge in [0.1, 0.15) is 11.9 Å². The summed E-state index contributed by atoms with van der Waals surface area (Å²) in [6.07, 6.45) is 0.294. The number of rotatable bonds is 4. The summed E-state index contributed by atoms with van der Waals surface area (Å²) in [6.45, 7) is 3.95. The number of nitrogens with zero attached hydrogens (tertiary/aromatic N) is 1. The molecule has 0 aromatic heterocycles. The van der Waals surface area contributed by atoms with Crippen molar-refractivity contribution < 1.29 is 14.0 Å². The number of hydrogen-bond acceptors (Lipinski definition) is 2. The zero-order chi connectivity index (χ0) is 18.8. The van der Waals surface area contributed by atoms with Crippen molar-refractivity contribution in [2.45, 2.75) is 38.9 Å². The Morgan fingerprint density at radius 2 is 2.04 bits per heavy atom. The molecule has 2 aromatic carbocycles. The van der Waals surface area contributed by atoms with Crippen molar-refractivity contribution in [2.75, 3.05) is 0 Å². The second kappa shape index (κ2) is 7.46. The molecule has 1 aliphatic rings. The van der Waals surface area contributed by atoms with Gasteiger partial charge < -0.3 is 10.2 Å². The lowest BCUT2D eigenvalue weighted by molar-refractivity contribution is -0.143. The summed E-state index contributed by atoms with van der Waals surface area (Å²) in [5, 5.41) is 3.09. The number of benzene rings is 2. The van der Waals surface area contributed by atoms with Crippen LogP contribution in [0.4, 0.5) is 4.39 Å². The van der Waals surface area contributed by atoms with E-state index in [0.29, 0.717) is 12.0 Å². The monoisotopic (exact) mass is 374 g/mol. The van der Waals surface area contributed by atoms with Crippen LogP contribution in [-0.2, 0) is 22.6 Å². The van der Waals surface area contributed by atoms with Crippen molar-refractivity contribution in [3.05, 3.63) is 70.0 Å². The van der Waals surface area contributed by atoms with Crippen LogP contribution in [0.15, 0.2) is 42.5 Å². The lowest BCUT2D eigenvalue weighted by Crippen LogP contribution is -2.50. The van der Waals surface area contributed by atoms with E-state index in [-0.39, 0.29) is 29.4 Å². The molecular formula is C20H20ClFN2O2. The molecule has 1 atom stereocenters. The minimum absolute atomic E-state index is 0.0707. The second-order valence-electron chi connectivity index (χ2n) is 6.63. The first-order valence-electron chi connectivity index (χ1n) is 8.49. The number of carbonyl (C=O) groups excluding carboxylic acids is 2. The van der Waals surface area contributed by atoms with E-state index in [0.717, 1.165) is 11.1 Å². The fourth-order valence-corrected chi connectivity index (χ4v) is 3.54. The highest BCUT2D eigenvalue weighted by molar-refractivity contribution is 6.31. The quantitative estimate of drug-likeness (QED) is 0.888. The molecule has 3 rings (SSSR count). The molecule has 136 valence electrons. The molecular weight excluding hydrogens is 355 g/mol. The van der Waals surface area contributed by atoms with E-state index in [2.05, 4.69) is 5.32 Å². The first-order valence-corrected chi connectivity index (χ1v) is 8.87. The summed E-state index contributed by atoms with van der Waals surface area (Å²) in [5.41, 5.74) is 2.32. The van der Waals surface area contributed by atoms with E-state index in [1.165, 1.54) is 18.2 Å². The van der Waals surface area contributed by atoms with E-state index in [1.807, 2.05) is 38.1 Å². The topological polar surface area (TPSA) is 49.4 Å². The van der Waals surface area contributed by atoms with Crippen LogP contribution in [0.25, 0.3) is 0 Å². The zero-order valence-corrected chi connectivity index (χ0v) is 15.4. The SMILES string of the molecule is CC(C)N1C(=O)Cc2ccccc2[C@H]1C(=O)NCc1ccc(F)cc1Cl. The molecule has 2 amide bonds. The average Bonchev–Trinajstić information content (AvgIpc) is 2.59. The maximum absolute atomic E-state index is 13.2.